The van der Waals surface area contributed by atoms with Crippen LogP contribution >= 0.6 is 27.3 Å². The molecule has 82 valence electrons. The number of thiophene rings is 1. The summed E-state index contributed by atoms with van der Waals surface area (Å²) in [6.45, 7) is 3.83. The zero-order chi connectivity index (χ0) is 10.8. The molecule has 4 heteroatoms. The molecule has 1 aromatic rings. The maximum Gasteiger partial charge on any atom is 0.187 e. The number of carbonyl (C=O) groups excluding carboxylic acids is 1. The monoisotopic (exact) mass is 287 g/mol. The number of carbonyl (C=O) groups is 1. The van der Waals surface area contributed by atoms with Crippen LogP contribution in [0.25, 0.3) is 0 Å². The summed E-state index contributed by atoms with van der Waals surface area (Å²) < 4.78 is 0.935. The second-order valence-corrected chi connectivity index (χ2v) is 5.75. The lowest BCUT2D eigenvalue weighted by Gasteiger charge is -2.19. The van der Waals surface area contributed by atoms with Gasteiger partial charge in [-0.05, 0) is 53.7 Å². The van der Waals surface area contributed by atoms with Crippen LogP contribution in [0.5, 0.6) is 0 Å². The molecule has 0 radical (unpaired) electrons. The van der Waals surface area contributed by atoms with Gasteiger partial charge < -0.3 is 0 Å². The fraction of sp³-hybridized carbons (Fsp3) is 0.545. The molecule has 0 N–H and O–H groups in total. The molecule has 1 atom stereocenters. The minimum Gasteiger partial charge on any atom is -0.293 e. The highest BCUT2D eigenvalue weighted by Crippen LogP contribution is 2.24. The molecule has 1 unspecified atom stereocenters. The molecule has 1 aliphatic rings. The normalized spacial score (nSPS) is 22.1. The lowest BCUT2D eigenvalue weighted by atomic mass is 10.2. The van der Waals surface area contributed by atoms with Crippen LogP contribution in [0, 0.1) is 0 Å². The zero-order valence-corrected chi connectivity index (χ0v) is 11.1. The molecule has 0 saturated carbocycles. The molecule has 1 fully saturated rings. The van der Waals surface area contributed by atoms with Crippen LogP contribution in [0.1, 0.15) is 29.4 Å². The van der Waals surface area contributed by atoms with Gasteiger partial charge in [0, 0.05) is 10.5 Å². The Balaban J connectivity index is 2.01. The number of hydrogen-bond donors (Lipinski definition) is 0. The summed E-state index contributed by atoms with van der Waals surface area (Å²) >= 11 is 4.92. The number of ketones is 1. The number of Topliss-reactive ketones (excluding diaryl/α,β-unsaturated/α-hetero) is 1. The Bertz CT molecular complexity index is 363. The van der Waals surface area contributed by atoms with E-state index in [9.17, 15) is 4.79 Å². The maximum atomic E-state index is 12.0. The van der Waals surface area contributed by atoms with Gasteiger partial charge in [-0.3, -0.25) is 9.69 Å². The third-order valence-corrected chi connectivity index (χ3v) is 4.79. The average Bonchev–Trinajstić information content (AvgIpc) is 2.76. The Hall–Kier alpha value is -0.190. The van der Waals surface area contributed by atoms with Crippen LogP contribution in [0.4, 0.5) is 0 Å². The molecule has 0 aliphatic carbocycles. The molecule has 0 aromatic carbocycles. The molecule has 2 heterocycles. The molecule has 1 saturated heterocycles. The number of halogens is 1. The highest BCUT2D eigenvalue weighted by atomic mass is 79.9. The Morgan fingerprint density at radius 2 is 2.53 bits per heavy atom. The van der Waals surface area contributed by atoms with E-state index < -0.39 is 0 Å². The van der Waals surface area contributed by atoms with Crippen LogP contribution in [-0.4, -0.2) is 29.8 Å². The predicted octanol–water partition coefficient (Wildman–Crippen LogP) is 3.18. The van der Waals surface area contributed by atoms with E-state index in [0.717, 1.165) is 15.9 Å². The molecule has 0 bridgehead atoms. The first-order valence-corrected chi connectivity index (χ1v) is 6.86. The second-order valence-electron chi connectivity index (χ2n) is 3.98. The van der Waals surface area contributed by atoms with Gasteiger partial charge in [0.05, 0.1) is 11.4 Å². The highest BCUT2D eigenvalue weighted by molar-refractivity contribution is 9.10. The van der Waals surface area contributed by atoms with Crippen molar-refractivity contribution in [2.75, 3.05) is 13.1 Å². The summed E-state index contributed by atoms with van der Waals surface area (Å²) in [7, 11) is 0. The molecule has 2 rings (SSSR count). The summed E-state index contributed by atoms with van der Waals surface area (Å²) in [5.41, 5.74) is 0. The minimum absolute atomic E-state index is 0.241. The van der Waals surface area contributed by atoms with E-state index >= 15 is 0 Å². The first kappa shape index (κ1) is 11.3. The van der Waals surface area contributed by atoms with Gasteiger partial charge in [0.25, 0.3) is 0 Å². The van der Waals surface area contributed by atoms with E-state index in [0.29, 0.717) is 12.6 Å². The van der Waals surface area contributed by atoms with Gasteiger partial charge in [-0.15, -0.1) is 11.3 Å². The molecule has 15 heavy (non-hydrogen) atoms. The van der Waals surface area contributed by atoms with Crippen molar-refractivity contribution < 1.29 is 4.79 Å². The number of rotatable bonds is 3. The predicted molar refractivity (Wildman–Crippen MR) is 66.6 cm³/mol. The molecule has 2 nitrogen and oxygen atoms in total. The van der Waals surface area contributed by atoms with E-state index in [1.165, 1.54) is 24.2 Å². The van der Waals surface area contributed by atoms with Crippen molar-refractivity contribution in [3.63, 3.8) is 0 Å². The van der Waals surface area contributed by atoms with Crippen molar-refractivity contribution in [1.29, 1.82) is 0 Å². The van der Waals surface area contributed by atoms with Crippen molar-refractivity contribution in [2.45, 2.75) is 25.8 Å². The second kappa shape index (κ2) is 4.76. The van der Waals surface area contributed by atoms with Gasteiger partial charge in [-0.2, -0.15) is 0 Å². The van der Waals surface area contributed by atoms with Crippen LogP contribution in [0.15, 0.2) is 15.9 Å². The van der Waals surface area contributed by atoms with E-state index in [4.69, 9.17) is 0 Å². The van der Waals surface area contributed by atoms with Crippen molar-refractivity contribution in [1.82, 2.24) is 4.90 Å². The smallest absolute Gasteiger partial charge is 0.187 e. The topological polar surface area (TPSA) is 20.3 Å². The van der Waals surface area contributed by atoms with Crippen LogP contribution in [0.3, 0.4) is 0 Å². The van der Waals surface area contributed by atoms with Crippen LogP contribution in [-0.2, 0) is 0 Å². The Labute approximate surface area is 102 Å². The number of nitrogens with zero attached hydrogens (tertiary/aromatic N) is 1. The van der Waals surface area contributed by atoms with Gasteiger partial charge in [-0.1, -0.05) is 0 Å². The maximum absolute atomic E-state index is 12.0. The van der Waals surface area contributed by atoms with Crippen molar-refractivity contribution in [3.05, 3.63) is 20.8 Å². The molecule has 0 amide bonds. The van der Waals surface area contributed by atoms with Gasteiger partial charge in [-0.25, -0.2) is 0 Å². The molecule has 1 aliphatic heterocycles. The number of hydrogen-bond acceptors (Lipinski definition) is 3. The van der Waals surface area contributed by atoms with Crippen molar-refractivity contribution >= 4 is 33.0 Å². The quantitative estimate of drug-likeness (QED) is 0.796. The Kier molecular flexibility index (Phi) is 3.59. The first-order chi connectivity index (χ1) is 7.18. The molecule has 1 aromatic heterocycles. The van der Waals surface area contributed by atoms with Gasteiger partial charge in [0.2, 0.25) is 0 Å². The summed E-state index contributed by atoms with van der Waals surface area (Å²) in [6, 6.07) is 2.50. The van der Waals surface area contributed by atoms with Gasteiger partial charge >= 0.3 is 0 Å². The van der Waals surface area contributed by atoms with E-state index in [2.05, 4.69) is 27.8 Å². The summed E-state index contributed by atoms with van der Waals surface area (Å²) in [5.74, 6) is 0.241. The van der Waals surface area contributed by atoms with Crippen molar-refractivity contribution in [2.24, 2.45) is 0 Å². The average molecular weight is 288 g/mol. The minimum atomic E-state index is 0.241. The SMILES string of the molecule is CC1CCCN1CC(=O)c1sccc1Br. The fourth-order valence-corrected chi connectivity index (χ4v) is 3.50. The lowest BCUT2D eigenvalue weighted by Crippen LogP contribution is -2.32. The standard InChI is InChI=1S/C11H14BrNOS/c1-8-3-2-5-13(8)7-10(14)11-9(12)4-6-15-11/h4,6,8H,2-3,5,7H2,1H3. The summed E-state index contributed by atoms with van der Waals surface area (Å²) in [4.78, 5) is 15.1. The van der Waals surface area contributed by atoms with Crippen LogP contribution < -0.4 is 0 Å². The Morgan fingerprint density at radius 3 is 3.07 bits per heavy atom. The molecular weight excluding hydrogens is 274 g/mol. The zero-order valence-electron chi connectivity index (χ0n) is 8.70. The third kappa shape index (κ3) is 2.49. The molecular formula is C11H14BrNOS. The largest absolute Gasteiger partial charge is 0.293 e. The third-order valence-electron chi connectivity index (χ3n) is 2.91. The van der Waals surface area contributed by atoms with Crippen molar-refractivity contribution in [3.8, 4) is 0 Å². The van der Waals surface area contributed by atoms with Gasteiger partial charge in [0.1, 0.15) is 0 Å². The highest BCUT2D eigenvalue weighted by Gasteiger charge is 2.23. The molecule has 0 spiro atoms. The fourth-order valence-electron chi connectivity index (χ4n) is 1.98. The van der Waals surface area contributed by atoms with Crippen LogP contribution in [0.2, 0.25) is 0 Å². The first-order valence-electron chi connectivity index (χ1n) is 5.18. The van der Waals surface area contributed by atoms with Gasteiger partial charge in [0.15, 0.2) is 5.78 Å². The Morgan fingerprint density at radius 1 is 1.73 bits per heavy atom. The summed E-state index contributed by atoms with van der Waals surface area (Å²) in [6.07, 6.45) is 2.44. The van der Waals surface area contributed by atoms with E-state index in [1.54, 1.807) is 0 Å². The van der Waals surface area contributed by atoms with E-state index in [-0.39, 0.29) is 5.78 Å². The number of likely N-dealkylation sites (tertiary alicyclic amines) is 1. The van der Waals surface area contributed by atoms with E-state index in [1.807, 2.05) is 11.4 Å². The summed E-state index contributed by atoms with van der Waals surface area (Å²) in [5, 5.41) is 1.95. The lowest BCUT2D eigenvalue weighted by molar-refractivity contribution is 0.0929.